The van der Waals surface area contributed by atoms with Gasteiger partial charge in [-0.2, -0.15) is 0 Å². The van der Waals surface area contributed by atoms with Gasteiger partial charge in [0, 0.05) is 6.54 Å². The van der Waals surface area contributed by atoms with Crippen LogP contribution in [0.4, 0.5) is 4.79 Å². The monoisotopic (exact) mass is 231 g/mol. The van der Waals surface area contributed by atoms with Gasteiger partial charge in [-0.25, -0.2) is 4.79 Å². The fourth-order valence-electron chi connectivity index (χ4n) is 1.80. The minimum Gasteiger partial charge on any atom is -0.444 e. The normalized spacial score (nSPS) is 30.2. The zero-order valence-electron chi connectivity index (χ0n) is 10.1. The van der Waals surface area contributed by atoms with E-state index < -0.39 is 23.9 Å². The van der Waals surface area contributed by atoms with Crippen LogP contribution >= 0.6 is 0 Å². The number of aliphatic hydroxyl groups excluding tert-OH is 2. The molecule has 0 spiro atoms. The van der Waals surface area contributed by atoms with E-state index in [2.05, 4.69) is 5.32 Å². The Morgan fingerprint density at radius 2 is 1.81 bits per heavy atom. The van der Waals surface area contributed by atoms with Crippen molar-refractivity contribution in [3.63, 3.8) is 0 Å². The van der Waals surface area contributed by atoms with Gasteiger partial charge in [0.2, 0.25) is 0 Å². The van der Waals surface area contributed by atoms with Crippen molar-refractivity contribution in [2.75, 3.05) is 6.54 Å². The minimum atomic E-state index is -0.662. The quantitative estimate of drug-likeness (QED) is 0.651. The average Bonchev–Trinajstić information content (AvgIpc) is 2.40. The summed E-state index contributed by atoms with van der Waals surface area (Å²) in [6.07, 6.45) is -0.729. The lowest BCUT2D eigenvalue weighted by molar-refractivity contribution is 0.0438. The second kappa shape index (κ2) is 5.01. The molecule has 1 saturated carbocycles. The van der Waals surface area contributed by atoms with E-state index in [-0.39, 0.29) is 5.92 Å². The highest BCUT2D eigenvalue weighted by molar-refractivity contribution is 5.67. The molecule has 0 aromatic rings. The highest BCUT2D eigenvalue weighted by atomic mass is 16.6. The van der Waals surface area contributed by atoms with Crippen LogP contribution in [0.2, 0.25) is 0 Å². The molecule has 5 nitrogen and oxygen atoms in total. The number of rotatable bonds is 2. The lowest BCUT2D eigenvalue weighted by atomic mass is 10.1. The van der Waals surface area contributed by atoms with Crippen molar-refractivity contribution in [3.05, 3.63) is 0 Å². The van der Waals surface area contributed by atoms with E-state index in [4.69, 9.17) is 4.74 Å². The number of nitrogens with one attached hydrogen (secondary N) is 1. The first kappa shape index (κ1) is 13.3. The topological polar surface area (TPSA) is 78.8 Å². The predicted octanol–water partition coefficient (Wildman–Crippen LogP) is 0.643. The largest absolute Gasteiger partial charge is 0.444 e. The van der Waals surface area contributed by atoms with Gasteiger partial charge in [-0.05, 0) is 39.5 Å². The van der Waals surface area contributed by atoms with Crippen LogP contribution < -0.4 is 5.32 Å². The zero-order valence-corrected chi connectivity index (χ0v) is 10.1. The van der Waals surface area contributed by atoms with Gasteiger partial charge in [-0.3, -0.25) is 0 Å². The number of aliphatic hydroxyl groups is 2. The summed E-state index contributed by atoms with van der Waals surface area (Å²) < 4.78 is 5.08. The molecule has 0 radical (unpaired) electrons. The molecule has 0 bridgehead atoms. The third kappa shape index (κ3) is 4.37. The van der Waals surface area contributed by atoms with Crippen LogP contribution in [0.1, 0.15) is 33.6 Å². The molecule has 1 amide bonds. The third-order valence-electron chi connectivity index (χ3n) is 2.53. The molecule has 1 aliphatic rings. The standard InChI is InChI=1S/C11H21NO4/c1-11(2,3)16-10(15)12-6-7-4-8(13)9(14)5-7/h7-9,13-14H,4-6H2,1-3H3,(H,12,15). The number of hydrogen-bond acceptors (Lipinski definition) is 4. The highest BCUT2D eigenvalue weighted by Crippen LogP contribution is 2.25. The molecular formula is C11H21NO4. The summed E-state index contributed by atoms with van der Waals surface area (Å²) in [6, 6.07) is 0. The van der Waals surface area contributed by atoms with Crippen LogP contribution in [0.15, 0.2) is 0 Å². The van der Waals surface area contributed by atoms with Crippen LogP contribution in [0.5, 0.6) is 0 Å². The van der Waals surface area contributed by atoms with Crippen molar-refractivity contribution >= 4 is 6.09 Å². The highest BCUT2D eigenvalue weighted by Gasteiger charge is 2.31. The molecule has 0 aliphatic heterocycles. The molecule has 0 aromatic carbocycles. The van der Waals surface area contributed by atoms with E-state index in [1.54, 1.807) is 20.8 Å². The van der Waals surface area contributed by atoms with Crippen LogP contribution in [0, 0.1) is 5.92 Å². The van der Waals surface area contributed by atoms with Gasteiger partial charge in [-0.1, -0.05) is 0 Å². The smallest absolute Gasteiger partial charge is 0.407 e. The lowest BCUT2D eigenvalue weighted by Crippen LogP contribution is -2.35. The van der Waals surface area contributed by atoms with Crippen molar-refractivity contribution in [1.82, 2.24) is 5.32 Å². The Bertz CT molecular complexity index is 239. The number of carbonyl (C=O) groups is 1. The van der Waals surface area contributed by atoms with Crippen molar-refractivity contribution in [2.24, 2.45) is 5.92 Å². The Morgan fingerprint density at radius 3 is 2.25 bits per heavy atom. The Kier molecular flexibility index (Phi) is 4.15. The average molecular weight is 231 g/mol. The fourth-order valence-corrected chi connectivity index (χ4v) is 1.80. The number of ether oxygens (including phenoxy) is 1. The summed E-state index contributed by atoms with van der Waals surface area (Å²) in [4.78, 5) is 11.3. The van der Waals surface area contributed by atoms with Gasteiger partial charge in [0.05, 0.1) is 12.2 Å². The Labute approximate surface area is 95.8 Å². The third-order valence-corrected chi connectivity index (χ3v) is 2.53. The van der Waals surface area contributed by atoms with E-state index in [9.17, 15) is 15.0 Å². The van der Waals surface area contributed by atoms with Crippen LogP contribution in [-0.2, 0) is 4.74 Å². The van der Waals surface area contributed by atoms with Crippen molar-refractivity contribution in [2.45, 2.75) is 51.4 Å². The number of carbonyl (C=O) groups excluding carboxylic acids is 1. The van der Waals surface area contributed by atoms with Crippen LogP contribution in [0.25, 0.3) is 0 Å². The number of alkyl carbamates (subject to hydrolysis) is 1. The summed E-state index contributed by atoms with van der Waals surface area (Å²) in [7, 11) is 0. The Hall–Kier alpha value is -0.810. The molecular weight excluding hydrogens is 210 g/mol. The van der Waals surface area contributed by atoms with E-state index in [1.165, 1.54) is 0 Å². The number of amides is 1. The molecule has 1 aliphatic carbocycles. The minimum absolute atomic E-state index is 0.123. The van der Waals surface area contributed by atoms with Gasteiger partial charge in [0.25, 0.3) is 0 Å². The summed E-state index contributed by atoms with van der Waals surface area (Å²) in [5.41, 5.74) is -0.501. The Morgan fingerprint density at radius 1 is 1.31 bits per heavy atom. The van der Waals surface area contributed by atoms with Gasteiger partial charge in [0.15, 0.2) is 0 Å². The maximum Gasteiger partial charge on any atom is 0.407 e. The van der Waals surface area contributed by atoms with Crippen LogP contribution in [0.3, 0.4) is 0 Å². The van der Waals surface area contributed by atoms with Crippen molar-refractivity contribution in [1.29, 1.82) is 0 Å². The van der Waals surface area contributed by atoms with E-state index in [0.717, 1.165) is 0 Å². The Balaban J connectivity index is 2.23. The van der Waals surface area contributed by atoms with E-state index in [0.29, 0.717) is 19.4 Å². The molecule has 3 N–H and O–H groups in total. The predicted molar refractivity (Wildman–Crippen MR) is 59.0 cm³/mol. The molecule has 2 unspecified atom stereocenters. The van der Waals surface area contributed by atoms with Crippen LogP contribution in [-0.4, -0.2) is 40.7 Å². The second-order valence-corrected chi connectivity index (χ2v) is 5.35. The molecule has 1 fully saturated rings. The molecule has 94 valence electrons. The molecule has 1 rings (SSSR count). The summed E-state index contributed by atoms with van der Waals surface area (Å²) in [5, 5.41) is 21.3. The summed E-state index contributed by atoms with van der Waals surface area (Å²) in [6.45, 7) is 5.84. The molecule has 0 saturated heterocycles. The first-order valence-corrected chi connectivity index (χ1v) is 5.61. The maximum atomic E-state index is 11.3. The van der Waals surface area contributed by atoms with Gasteiger partial charge < -0.3 is 20.3 Å². The molecule has 0 aromatic heterocycles. The summed E-state index contributed by atoms with van der Waals surface area (Å²) >= 11 is 0. The van der Waals surface area contributed by atoms with Gasteiger partial charge >= 0.3 is 6.09 Å². The molecule has 16 heavy (non-hydrogen) atoms. The van der Waals surface area contributed by atoms with E-state index >= 15 is 0 Å². The fraction of sp³-hybridized carbons (Fsp3) is 0.909. The zero-order chi connectivity index (χ0) is 12.3. The molecule has 5 heteroatoms. The van der Waals surface area contributed by atoms with Gasteiger partial charge in [-0.15, -0.1) is 0 Å². The lowest BCUT2D eigenvalue weighted by Gasteiger charge is -2.20. The second-order valence-electron chi connectivity index (χ2n) is 5.35. The summed E-state index contributed by atoms with van der Waals surface area (Å²) in [5.74, 6) is 0.123. The number of hydrogen-bond donors (Lipinski definition) is 3. The molecule has 0 heterocycles. The van der Waals surface area contributed by atoms with E-state index in [1.807, 2.05) is 0 Å². The SMILES string of the molecule is CC(C)(C)OC(=O)NCC1CC(O)C(O)C1. The van der Waals surface area contributed by atoms with Gasteiger partial charge in [0.1, 0.15) is 5.60 Å². The van der Waals surface area contributed by atoms with Crippen molar-refractivity contribution in [3.8, 4) is 0 Å². The molecule has 2 atom stereocenters. The maximum absolute atomic E-state index is 11.3. The van der Waals surface area contributed by atoms with Crippen molar-refractivity contribution < 1.29 is 19.7 Å². The first-order chi connectivity index (χ1) is 7.28. The first-order valence-electron chi connectivity index (χ1n) is 5.61.